The van der Waals surface area contributed by atoms with E-state index in [2.05, 4.69) is 16.8 Å². The molecule has 37 heavy (non-hydrogen) atoms. The highest BCUT2D eigenvalue weighted by Crippen LogP contribution is 2.49. The first kappa shape index (κ1) is 23.7. The van der Waals surface area contributed by atoms with Crippen LogP contribution in [0, 0.1) is 0 Å². The van der Waals surface area contributed by atoms with E-state index in [-0.39, 0.29) is 19.4 Å². The minimum atomic E-state index is -0.372. The van der Waals surface area contributed by atoms with Crippen LogP contribution in [-0.2, 0) is 11.3 Å². The fourth-order valence-corrected chi connectivity index (χ4v) is 5.27. The predicted molar refractivity (Wildman–Crippen MR) is 137 cm³/mol. The Labute approximate surface area is 215 Å². The number of methoxy groups -OCH3 is 2. The quantitative estimate of drug-likeness (QED) is 0.447. The first-order chi connectivity index (χ1) is 18.1. The Kier molecular flexibility index (Phi) is 6.18. The van der Waals surface area contributed by atoms with Crippen molar-refractivity contribution in [2.45, 2.75) is 6.61 Å². The highest BCUT2D eigenvalue weighted by Gasteiger charge is 2.33. The summed E-state index contributed by atoms with van der Waals surface area (Å²) in [5, 5.41) is 1.64. The van der Waals surface area contributed by atoms with Gasteiger partial charge in [-0.1, -0.05) is 6.07 Å². The molecule has 0 aromatic heterocycles. The minimum Gasteiger partial charge on any atom is -0.493 e. The maximum Gasteiger partial charge on any atom is 0.339 e. The van der Waals surface area contributed by atoms with Crippen LogP contribution in [0.15, 0.2) is 30.3 Å². The Morgan fingerprint density at radius 3 is 2.35 bits per heavy atom. The van der Waals surface area contributed by atoms with Gasteiger partial charge in [-0.3, -0.25) is 4.90 Å². The van der Waals surface area contributed by atoms with E-state index in [1.807, 2.05) is 30.3 Å². The van der Waals surface area contributed by atoms with Gasteiger partial charge >= 0.3 is 5.97 Å². The Morgan fingerprint density at radius 2 is 1.59 bits per heavy atom. The number of likely N-dealkylation sites (N-methyl/N-ethyl adjacent to an activating group) is 1. The number of piperazine rings is 1. The molecule has 0 N–H and O–H groups in total. The zero-order valence-corrected chi connectivity index (χ0v) is 21.3. The minimum absolute atomic E-state index is 0.153. The van der Waals surface area contributed by atoms with Gasteiger partial charge in [-0.05, 0) is 42.3 Å². The average molecular weight is 507 g/mol. The van der Waals surface area contributed by atoms with Gasteiger partial charge in [0.1, 0.15) is 19.0 Å². The second kappa shape index (κ2) is 9.64. The van der Waals surface area contributed by atoms with Crippen molar-refractivity contribution in [2.75, 3.05) is 67.4 Å². The number of benzene rings is 3. The van der Waals surface area contributed by atoms with Gasteiger partial charge in [0.2, 0.25) is 6.79 Å². The van der Waals surface area contributed by atoms with E-state index < -0.39 is 0 Å². The highest BCUT2D eigenvalue weighted by molar-refractivity contribution is 6.14. The number of ether oxygens (including phenoxy) is 6. The molecule has 1 fully saturated rings. The second-order valence-electron chi connectivity index (χ2n) is 9.45. The molecule has 0 saturated carbocycles. The summed E-state index contributed by atoms with van der Waals surface area (Å²) < 4.78 is 34.4. The van der Waals surface area contributed by atoms with Crippen LogP contribution in [0.4, 0.5) is 0 Å². The van der Waals surface area contributed by atoms with Gasteiger partial charge < -0.3 is 33.3 Å². The fourth-order valence-electron chi connectivity index (χ4n) is 5.27. The molecule has 0 bridgehead atoms. The van der Waals surface area contributed by atoms with Crippen LogP contribution < -0.4 is 23.7 Å². The molecule has 0 atom stereocenters. The zero-order chi connectivity index (χ0) is 25.5. The number of nitrogens with zero attached hydrogens (tertiary/aromatic N) is 2. The van der Waals surface area contributed by atoms with Gasteiger partial charge in [0.05, 0.1) is 19.8 Å². The van der Waals surface area contributed by atoms with Crippen molar-refractivity contribution < 1.29 is 33.2 Å². The summed E-state index contributed by atoms with van der Waals surface area (Å²) in [5.74, 6) is 2.74. The highest BCUT2D eigenvalue weighted by atomic mass is 16.7. The van der Waals surface area contributed by atoms with Gasteiger partial charge in [0.15, 0.2) is 23.0 Å². The Morgan fingerprint density at radius 1 is 0.865 bits per heavy atom. The molecular formula is C28H30N2O7. The third-order valence-corrected chi connectivity index (χ3v) is 7.33. The SMILES string of the molecule is COc1cc2c(OCCN3CCN(C)CC3)c3c(c(-c4ccc5c(c4)OCO5)c2cc1OC)C(=O)OC3. The van der Waals surface area contributed by atoms with Crippen LogP contribution in [0.2, 0.25) is 0 Å². The molecule has 3 aliphatic heterocycles. The van der Waals surface area contributed by atoms with E-state index in [4.69, 9.17) is 28.4 Å². The van der Waals surface area contributed by atoms with Gasteiger partial charge in [-0.15, -0.1) is 0 Å². The molecule has 3 aromatic rings. The van der Waals surface area contributed by atoms with Crippen molar-refractivity contribution >= 4 is 16.7 Å². The third-order valence-electron chi connectivity index (χ3n) is 7.33. The fraction of sp³-hybridized carbons (Fsp3) is 0.393. The normalized spacial score (nSPS) is 17.1. The Bertz CT molecular complexity index is 1360. The molecule has 3 aliphatic rings. The maximum absolute atomic E-state index is 13.1. The monoisotopic (exact) mass is 506 g/mol. The second-order valence-corrected chi connectivity index (χ2v) is 9.45. The molecule has 6 rings (SSSR count). The largest absolute Gasteiger partial charge is 0.493 e. The van der Waals surface area contributed by atoms with Crippen molar-refractivity contribution in [3.8, 4) is 39.9 Å². The first-order valence-corrected chi connectivity index (χ1v) is 12.4. The lowest BCUT2D eigenvalue weighted by molar-refractivity contribution is 0.0534. The van der Waals surface area contributed by atoms with E-state index in [1.165, 1.54) is 0 Å². The first-order valence-electron chi connectivity index (χ1n) is 12.4. The number of carbonyl (C=O) groups excluding carboxylic acids is 1. The molecule has 194 valence electrons. The van der Waals surface area contributed by atoms with Crippen molar-refractivity contribution in [3.63, 3.8) is 0 Å². The Hall–Kier alpha value is -3.69. The molecule has 9 nitrogen and oxygen atoms in total. The number of hydrogen-bond acceptors (Lipinski definition) is 9. The van der Waals surface area contributed by atoms with Crippen molar-refractivity contribution in [2.24, 2.45) is 0 Å². The van der Waals surface area contributed by atoms with Gasteiger partial charge in [0, 0.05) is 49.2 Å². The third kappa shape index (κ3) is 4.18. The summed E-state index contributed by atoms with van der Waals surface area (Å²) >= 11 is 0. The van der Waals surface area contributed by atoms with Crippen LogP contribution in [0.3, 0.4) is 0 Å². The lowest BCUT2D eigenvalue weighted by Crippen LogP contribution is -2.45. The van der Waals surface area contributed by atoms with E-state index in [1.54, 1.807) is 14.2 Å². The summed E-state index contributed by atoms with van der Waals surface area (Å²) in [5.41, 5.74) is 2.82. The van der Waals surface area contributed by atoms with E-state index >= 15 is 0 Å². The summed E-state index contributed by atoms with van der Waals surface area (Å²) in [6, 6.07) is 9.50. The van der Waals surface area contributed by atoms with Crippen LogP contribution in [0.1, 0.15) is 15.9 Å². The number of hydrogen-bond donors (Lipinski definition) is 0. The van der Waals surface area contributed by atoms with Crippen LogP contribution >= 0.6 is 0 Å². The standard InChI is InChI=1S/C28H30N2O7/c1-29-6-8-30(9-7-29)10-11-34-27-19-14-23(33-3)22(32-2)13-18(19)25(26-20(27)15-35-28(26)31)17-4-5-21-24(12-17)37-16-36-21/h4-5,12-14H,6-11,15-16H2,1-3H3. The van der Waals surface area contributed by atoms with Crippen LogP contribution in [0.5, 0.6) is 28.7 Å². The smallest absolute Gasteiger partial charge is 0.339 e. The maximum atomic E-state index is 13.1. The number of cyclic esters (lactones) is 1. The molecule has 0 spiro atoms. The average Bonchev–Trinajstić information content (AvgIpc) is 3.55. The molecule has 0 unspecified atom stereocenters. The van der Waals surface area contributed by atoms with Crippen molar-refractivity contribution in [3.05, 3.63) is 41.5 Å². The molecule has 0 radical (unpaired) electrons. The summed E-state index contributed by atoms with van der Waals surface area (Å²) in [4.78, 5) is 17.8. The van der Waals surface area contributed by atoms with Crippen LogP contribution in [0.25, 0.3) is 21.9 Å². The number of esters is 1. The molecule has 9 heteroatoms. The molecule has 0 aliphatic carbocycles. The van der Waals surface area contributed by atoms with Crippen molar-refractivity contribution in [1.29, 1.82) is 0 Å². The molecule has 1 saturated heterocycles. The topological polar surface area (TPSA) is 78.9 Å². The van der Waals surface area contributed by atoms with Crippen LogP contribution in [-0.4, -0.2) is 83.2 Å². The molecule has 3 heterocycles. The Balaban J connectivity index is 1.48. The molecular weight excluding hydrogens is 476 g/mol. The lowest BCUT2D eigenvalue weighted by atomic mass is 9.89. The van der Waals surface area contributed by atoms with E-state index in [0.717, 1.165) is 60.2 Å². The predicted octanol–water partition coefficient (Wildman–Crippen LogP) is 3.55. The van der Waals surface area contributed by atoms with Crippen molar-refractivity contribution in [1.82, 2.24) is 9.80 Å². The molecule has 0 amide bonds. The van der Waals surface area contributed by atoms with Gasteiger partial charge in [-0.25, -0.2) is 4.79 Å². The lowest BCUT2D eigenvalue weighted by Gasteiger charge is -2.32. The number of rotatable bonds is 7. The number of fused-ring (bicyclic) bond motifs is 3. The van der Waals surface area contributed by atoms with Gasteiger partial charge in [0.25, 0.3) is 0 Å². The van der Waals surface area contributed by atoms with E-state index in [9.17, 15) is 4.79 Å². The summed E-state index contributed by atoms with van der Waals surface area (Å²) in [7, 11) is 5.35. The van der Waals surface area contributed by atoms with Gasteiger partial charge in [-0.2, -0.15) is 0 Å². The number of carbonyl (C=O) groups is 1. The summed E-state index contributed by atoms with van der Waals surface area (Å²) in [6.45, 7) is 5.73. The zero-order valence-electron chi connectivity index (χ0n) is 21.3. The summed E-state index contributed by atoms with van der Waals surface area (Å²) in [6.07, 6.45) is 0. The van der Waals surface area contributed by atoms with E-state index in [0.29, 0.717) is 40.9 Å². The molecule has 3 aromatic carbocycles.